The molecule has 0 spiro atoms. The van der Waals surface area contributed by atoms with Gasteiger partial charge >= 0.3 is 0 Å². The van der Waals surface area contributed by atoms with Crippen LogP contribution in [0.4, 0.5) is 20.3 Å². The second kappa shape index (κ2) is 7.03. The lowest BCUT2D eigenvalue weighted by molar-refractivity contribution is 0.329. The largest absolute Gasteiger partial charge is 0.492 e. The van der Waals surface area contributed by atoms with Crippen molar-refractivity contribution in [2.45, 2.75) is 0 Å². The van der Waals surface area contributed by atoms with Crippen LogP contribution in [0.3, 0.4) is 0 Å². The van der Waals surface area contributed by atoms with Gasteiger partial charge in [0.1, 0.15) is 24.4 Å². The fourth-order valence-corrected chi connectivity index (χ4v) is 1.85. The summed E-state index contributed by atoms with van der Waals surface area (Å²) in [5.41, 5.74) is 0.576. The molecule has 0 saturated heterocycles. The molecule has 0 saturated carbocycles. The van der Waals surface area contributed by atoms with Crippen LogP contribution in [-0.2, 0) is 0 Å². The third-order valence-corrected chi connectivity index (χ3v) is 2.89. The maximum atomic E-state index is 13.0. The molecule has 5 nitrogen and oxygen atoms in total. The van der Waals surface area contributed by atoms with E-state index in [1.807, 2.05) is 0 Å². The van der Waals surface area contributed by atoms with E-state index in [-0.39, 0.29) is 12.4 Å². The Hall–Kier alpha value is -2.15. The quantitative estimate of drug-likeness (QED) is 0.634. The molecule has 2 N–H and O–H groups in total. The Balaban J connectivity index is 1.87. The minimum Gasteiger partial charge on any atom is -0.492 e. The van der Waals surface area contributed by atoms with Crippen molar-refractivity contribution in [2.24, 2.45) is 0 Å². The van der Waals surface area contributed by atoms with Crippen LogP contribution in [-0.4, -0.2) is 30.2 Å². The van der Waals surface area contributed by atoms with E-state index in [1.54, 1.807) is 7.05 Å². The molecule has 0 bridgehead atoms. The summed E-state index contributed by atoms with van der Waals surface area (Å²) in [4.78, 5) is 7.89. The van der Waals surface area contributed by atoms with Crippen molar-refractivity contribution in [1.29, 1.82) is 0 Å². The highest BCUT2D eigenvalue weighted by atomic mass is 35.5. The minimum absolute atomic E-state index is 0.246. The Bertz CT molecular complexity index is 627. The Kier molecular flexibility index (Phi) is 5.10. The van der Waals surface area contributed by atoms with Crippen molar-refractivity contribution >= 4 is 23.1 Å². The molecule has 0 aliphatic rings. The molecule has 2 rings (SSSR count). The maximum Gasteiger partial charge on any atom is 0.162 e. The highest BCUT2D eigenvalue weighted by Gasteiger charge is 2.07. The molecule has 0 unspecified atom stereocenters. The van der Waals surface area contributed by atoms with Crippen LogP contribution in [0, 0.1) is 11.6 Å². The summed E-state index contributed by atoms with van der Waals surface area (Å²) in [5.74, 6) is -1.06. The summed E-state index contributed by atoms with van der Waals surface area (Å²) >= 11 is 5.91. The molecular formula is C13H13ClF2N4O. The highest BCUT2D eigenvalue weighted by molar-refractivity contribution is 6.32. The first kappa shape index (κ1) is 15.2. The summed E-state index contributed by atoms with van der Waals surface area (Å²) in [6.07, 6.45) is 1.34. The van der Waals surface area contributed by atoms with Crippen LogP contribution >= 0.6 is 11.6 Å². The number of aromatic nitrogens is 2. The van der Waals surface area contributed by atoms with Gasteiger partial charge in [0.15, 0.2) is 22.6 Å². The van der Waals surface area contributed by atoms with Crippen molar-refractivity contribution in [3.63, 3.8) is 0 Å². The number of rotatable bonds is 6. The molecule has 1 aromatic carbocycles. The van der Waals surface area contributed by atoms with Gasteiger partial charge in [-0.2, -0.15) is 0 Å². The minimum atomic E-state index is -0.944. The van der Waals surface area contributed by atoms with Gasteiger partial charge in [0, 0.05) is 13.1 Å². The fraction of sp³-hybridized carbons (Fsp3) is 0.231. The van der Waals surface area contributed by atoms with E-state index in [0.29, 0.717) is 23.2 Å². The van der Waals surface area contributed by atoms with Crippen LogP contribution in [0.15, 0.2) is 24.5 Å². The average Bonchev–Trinajstić information content (AvgIpc) is 2.47. The first-order valence-electron chi connectivity index (χ1n) is 6.11. The third kappa shape index (κ3) is 3.91. The van der Waals surface area contributed by atoms with Crippen molar-refractivity contribution in [1.82, 2.24) is 9.97 Å². The molecule has 0 aliphatic heterocycles. The van der Waals surface area contributed by atoms with Gasteiger partial charge in [-0.15, -0.1) is 0 Å². The van der Waals surface area contributed by atoms with Gasteiger partial charge < -0.3 is 15.4 Å². The summed E-state index contributed by atoms with van der Waals surface area (Å²) in [5, 5.41) is 6.20. The van der Waals surface area contributed by atoms with E-state index in [2.05, 4.69) is 20.6 Å². The SMILES string of the molecule is CNc1c(Cl)ncnc1NCCOc1ccc(F)c(F)c1. The molecule has 0 aliphatic carbocycles. The van der Waals surface area contributed by atoms with E-state index in [9.17, 15) is 8.78 Å². The Morgan fingerprint density at radius 3 is 2.76 bits per heavy atom. The number of hydrogen-bond acceptors (Lipinski definition) is 5. The summed E-state index contributed by atoms with van der Waals surface area (Å²) in [6.45, 7) is 0.650. The molecule has 8 heteroatoms. The molecule has 2 aromatic rings. The number of ether oxygens (including phenoxy) is 1. The number of benzene rings is 1. The third-order valence-electron chi connectivity index (χ3n) is 2.61. The van der Waals surface area contributed by atoms with Crippen molar-refractivity contribution in [3.05, 3.63) is 41.3 Å². The van der Waals surface area contributed by atoms with Gasteiger partial charge in [0.25, 0.3) is 0 Å². The normalized spacial score (nSPS) is 10.3. The van der Waals surface area contributed by atoms with Gasteiger partial charge in [0.05, 0.1) is 6.54 Å². The molecule has 0 atom stereocenters. The maximum absolute atomic E-state index is 13.0. The van der Waals surface area contributed by atoms with E-state index in [1.165, 1.54) is 12.4 Å². The van der Waals surface area contributed by atoms with Crippen molar-refractivity contribution < 1.29 is 13.5 Å². The highest BCUT2D eigenvalue weighted by Crippen LogP contribution is 2.25. The Morgan fingerprint density at radius 2 is 2.05 bits per heavy atom. The summed E-state index contributed by atoms with van der Waals surface area (Å²) < 4.78 is 31.0. The molecule has 21 heavy (non-hydrogen) atoms. The van der Waals surface area contributed by atoms with Gasteiger partial charge in [-0.3, -0.25) is 0 Å². The Morgan fingerprint density at radius 1 is 1.24 bits per heavy atom. The first-order valence-corrected chi connectivity index (χ1v) is 6.49. The number of nitrogens with zero attached hydrogens (tertiary/aromatic N) is 2. The molecule has 0 radical (unpaired) electrons. The van der Waals surface area contributed by atoms with Crippen LogP contribution in [0.1, 0.15) is 0 Å². The van der Waals surface area contributed by atoms with E-state index in [0.717, 1.165) is 12.1 Å². The predicted octanol–water partition coefficient (Wildman–Crippen LogP) is 2.94. The van der Waals surface area contributed by atoms with Crippen molar-refractivity contribution in [2.75, 3.05) is 30.8 Å². The van der Waals surface area contributed by atoms with Crippen LogP contribution in [0.5, 0.6) is 5.75 Å². The predicted molar refractivity (Wildman–Crippen MR) is 76.9 cm³/mol. The number of nitrogens with one attached hydrogen (secondary N) is 2. The molecular weight excluding hydrogens is 302 g/mol. The zero-order valence-electron chi connectivity index (χ0n) is 11.2. The lowest BCUT2D eigenvalue weighted by Crippen LogP contribution is -2.14. The fourth-order valence-electron chi connectivity index (χ4n) is 1.62. The summed E-state index contributed by atoms with van der Waals surface area (Å²) in [6, 6.07) is 3.37. The van der Waals surface area contributed by atoms with Gasteiger partial charge in [-0.1, -0.05) is 11.6 Å². The molecule has 1 heterocycles. The van der Waals surface area contributed by atoms with E-state index >= 15 is 0 Å². The number of halogens is 3. The monoisotopic (exact) mass is 314 g/mol. The second-order valence-corrected chi connectivity index (χ2v) is 4.35. The zero-order chi connectivity index (χ0) is 15.2. The van der Waals surface area contributed by atoms with Crippen LogP contribution < -0.4 is 15.4 Å². The average molecular weight is 315 g/mol. The molecule has 112 valence electrons. The lowest BCUT2D eigenvalue weighted by Gasteiger charge is -2.12. The standard InChI is InChI=1S/C13H13ClF2N4O/c1-17-11-12(14)19-7-20-13(11)18-4-5-21-8-2-3-9(15)10(16)6-8/h2-3,6-7,17H,4-5H2,1H3,(H,18,19,20). The van der Waals surface area contributed by atoms with Crippen LogP contribution in [0.2, 0.25) is 5.15 Å². The number of anilines is 2. The molecule has 0 fully saturated rings. The second-order valence-electron chi connectivity index (χ2n) is 3.99. The van der Waals surface area contributed by atoms with E-state index in [4.69, 9.17) is 16.3 Å². The lowest BCUT2D eigenvalue weighted by atomic mass is 10.3. The van der Waals surface area contributed by atoms with Crippen molar-refractivity contribution in [3.8, 4) is 5.75 Å². The van der Waals surface area contributed by atoms with Gasteiger partial charge in [-0.05, 0) is 12.1 Å². The topological polar surface area (TPSA) is 59.1 Å². The van der Waals surface area contributed by atoms with Gasteiger partial charge in [0.2, 0.25) is 0 Å². The van der Waals surface area contributed by atoms with Crippen LogP contribution in [0.25, 0.3) is 0 Å². The molecule has 0 amide bonds. The first-order chi connectivity index (χ1) is 10.1. The Labute approximate surface area is 125 Å². The smallest absolute Gasteiger partial charge is 0.162 e. The molecule has 1 aromatic heterocycles. The van der Waals surface area contributed by atoms with E-state index < -0.39 is 11.6 Å². The van der Waals surface area contributed by atoms with Gasteiger partial charge in [-0.25, -0.2) is 18.7 Å². The number of hydrogen-bond donors (Lipinski definition) is 2. The zero-order valence-corrected chi connectivity index (χ0v) is 11.9. The summed E-state index contributed by atoms with van der Waals surface area (Å²) in [7, 11) is 1.70.